The highest BCUT2D eigenvalue weighted by atomic mass is 127. The summed E-state index contributed by atoms with van der Waals surface area (Å²) >= 11 is 0. The molecule has 0 atom stereocenters. The van der Waals surface area contributed by atoms with Crippen molar-refractivity contribution in [3.8, 4) is 17.2 Å². The number of hydrogen-bond donors (Lipinski definition) is 1. The highest BCUT2D eigenvalue weighted by molar-refractivity contribution is 14.0. The maximum absolute atomic E-state index is 5.57. The third kappa shape index (κ3) is 4.38. The molecule has 0 bridgehead atoms. The van der Waals surface area contributed by atoms with Crippen LogP contribution in [0.25, 0.3) is 0 Å². The minimum absolute atomic E-state index is 0. The zero-order valence-corrected chi connectivity index (χ0v) is 20.1. The maximum Gasteiger partial charge on any atom is 0.203 e. The molecule has 1 fully saturated rings. The largest absolute Gasteiger partial charge is 0.493 e. The molecular formula is C20H34IN3O3. The minimum atomic E-state index is 0. The molecule has 0 saturated carbocycles. The van der Waals surface area contributed by atoms with Gasteiger partial charge in [-0.2, -0.15) is 0 Å². The highest BCUT2D eigenvalue weighted by Gasteiger charge is 2.53. The number of guanidine groups is 1. The number of methoxy groups -OCH3 is 3. The van der Waals surface area contributed by atoms with Gasteiger partial charge in [0.05, 0.1) is 27.9 Å². The minimum Gasteiger partial charge on any atom is -0.493 e. The lowest BCUT2D eigenvalue weighted by atomic mass is 9.65. The van der Waals surface area contributed by atoms with E-state index in [1.807, 2.05) is 12.1 Å². The standard InChI is InChI=1S/C20H33N3O3.HI/c1-9-21-18(23-13-19(2,3)20(23,4)5)22-12-14-10-11-15(24-6)17(26-8)16(14)25-7;/h10-11H,9,12-13H2,1-8H3,(H,21,22);1H. The van der Waals surface area contributed by atoms with Crippen LogP contribution in [0, 0.1) is 5.41 Å². The molecule has 0 unspecified atom stereocenters. The number of hydrogen-bond acceptors (Lipinski definition) is 4. The zero-order chi connectivity index (χ0) is 19.5. The molecule has 27 heavy (non-hydrogen) atoms. The Hall–Kier alpha value is -1.38. The molecule has 6 nitrogen and oxygen atoms in total. The van der Waals surface area contributed by atoms with Gasteiger partial charge in [-0.3, -0.25) is 0 Å². The molecule has 7 heteroatoms. The summed E-state index contributed by atoms with van der Waals surface area (Å²) in [5.74, 6) is 2.83. The number of ether oxygens (including phenoxy) is 3. The fourth-order valence-corrected chi connectivity index (χ4v) is 3.24. The van der Waals surface area contributed by atoms with Gasteiger partial charge < -0.3 is 24.4 Å². The molecule has 0 aliphatic carbocycles. The van der Waals surface area contributed by atoms with Gasteiger partial charge in [-0.05, 0) is 32.9 Å². The average molecular weight is 491 g/mol. The number of benzene rings is 1. The first-order valence-corrected chi connectivity index (χ1v) is 9.07. The van der Waals surface area contributed by atoms with E-state index in [4.69, 9.17) is 19.2 Å². The first-order chi connectivity index (χ1) is 12.2. The van der Waals surface area contributed by atoms with Crippen LogP contribution in [0.3, 0.4) is 0 Å². The summed E-state index contributed by atoms with van der Waals surface area (Å²) in [6.07, 6.45) is 0. The molecule has 0 radical (unpaired) electrons. The fourth-order valence-electron chi connectivity index (χ4n) is 3.24. The number of halogens is 1. The van der Waals surface area contributed by atoms with Crippen LogP contribution in [-0.4, -0.2) is 50.8 Å². The summed E-state index contributed by atoms with van der Waals surface area (Å²) in [7, 11) is 4.87. The Labute approximate surface area is 180 Å². The molecule has 1 saturated heterocycles. The second-order valence-electron chi connectivity index (χ2n) is 7.69. The quantitative estimate of drug-likeness (QED) is 0.372. The first kappa shape index (κ1) is 23.7. The molecule has 1 aromatic rings. The third-order valence-electron chi connectivity index (χ3n) is 5.66. The van der Waals surface area contributed by atoms with E-state index >= 15 is 0 Å². The highest BCUT2D eigenvalue weighted by Crippen LogP contribution is 2.46. The molecule has 1 aliphatic heterocycles. The van der Waals surface area contributed by atoms with Crippen LogP contribution in [0.5, 0.6) is 17.2 Å². The van der Waals surface area contributed by atoms with Crippen LogP contribution in [0.2, 0.25) is 0 Å². The molecule has 2 rings (SSSR count). The van der Waals surface area contributed by atoms with Crippen LogP contribution < -0.4 is 19.5 Å². The number of nitrogens with zero attached hydrogens (tertiary/aromatic N) is 2. The maximum atomic E-state index is 5.57. The topological polar surface area (TPSA) is 55.3 Å². The molecule has 154 valence electrons. The van der Waals surface area contributed by atoms with Crippen molar-refractivity contribution in [2.24, 2.45) is 10.4 Å². The average Bonchev–Trinajstić information content (AvgIpc) is 2.62. The van der Waals surface area contributed by atoms with E-state index in [9.17, 15) is 0 Å². The lowest BCUT2D eigenvalue weighted by Gasteiger charge is -2.62. The van der Waals surface area contributed by atoms with Gasteiger partial charge in [0, 0.05) is 29.6 Å². The molecular weight excluding hydrogens is 457 g/mol. The Kier molecular flexibility index (Phi) is 8.07. The van der Waals surface area contributed by atoms with Crippen molar-refractivity contribution >= 4 is 29.9 Å². The fraction of sp³-hybridized carbons (Fsp3) is 0.650. The predicted octanol–water partition coefficient (Wildman–Crippen LogP) is 3.92. The van der Waals surface area contributed by atoms with Crippen molar-refractivity contribution in [1.82, 2.24) is 10.2 Å². The van der Waals surface area contributed by atoms with Crippen molar-refractivity contribution < 1.29 is 14.2 Å². The second-order valence-corrected chi connectivity index (χ2v) is 7.69. The predicted molar refractivity (Wildman–Crippen MR) is 121 cm³/mol. The first-order valence-electron chi connectivity index (χ1n) is 9.07. The van der Waals surface area contributed by atoms with Gasteiger partial charge in [0.15, 0.2) is 17.5 Å². The van der Waals surface area contributed by atoms with Gasteiger partial charge in [0.1, 0.15) is 0 Å². The summed E-state index contributed by atoms with van der Waals surface area (Å²) in [5.41, 5.74) is 1.26. The Morgan fingerprint density at radius 2 is 1.70 bits per heavy atom. The van der Waals surface area contributed by atoms with Crippen molar-refractivity contribution in [2.75, 3.05) is 34.4 Å². The van der Waals surface area contributed by atoms with E-state index in [0.29, 0.717) is 23.8 Å². The van der Waals surface area contributed by atoms with E-state index in [2.05, 4.69) is 44.8 Å². The molecule has 1 aliphatic rings. The Balaban J connectivity index is 0.00000364. The monoisotopic (exact) mass is 491 g/mol. The van der Waals surface area contributed by atoms with Crippen LogP contribution >= 0.6 is 24.0 Å². The van der Waals surface area contributed by atoms with Crippen LogP contribution in [-0.2, 0) is 6.54 Å². The van der Waals surface area contributed by atoms with E-state index in [1.165, 1.54) is 0 Å². The van der Waals surface area contributed by atoms with E-state index in [0.717, 1.165) is 24.6 Å². The van der Waals surface area contributed by atoms with Gasteiger partial charge in [-0.15, -0.1) is 24.0 Å². The second kappa shape index (κ2) is 9.21. The Morgan fingerprint density at radius 3 is 2.15 bits per heavy atom. The normalized spacial score (nSPS) is 17.5. The summed E-state index contributed by atoms with van der Waals surface area (Å²) in [6, 6.07) is 3.86. The van der Waals surface area contributed by atoms with Crippen molar-refractivity contribution in [2.45, 2.75) is 46.7 Å². The lowest BCUT2D eigenvalue weighted by molar-refractivity contribution is -0.0667. The van der Waals surface area contributed by atoms with E-state index in [1.54, 1.807) is 21.3 Å². The third-order valence-corrected chi connectivity index (χ3v) is 5.66. The molecule has 1 N–H and O–H groups in total. The van der Waals surface area contributed by atoms with Crippen LogP contribution in [0.4, 0.5) is 0 Å². The van der Waals surface area contributed by atoms with Gasteiger partial charge in [-0.25, -0.2) is 4.99 Å². The van der Waals surface area contributed by atoms with Crippen molar-refractivity contribution in [3.05, 3.63) is 17.7 Å². The summed E-state index contributed by atoms with van der Waals surface area (Å²) < 4.78 is 16.4. The van der Waals surface area contributed by atoms with Crippen LogP contribution in [0.1, 0.15) is 40.2 Å². The number of likely N-dealkylation sites (tertiary alicyclic amines) is 1. The summed E-state index contributed by atoms with van der Waals surface area (Å²) in [5, 5.41) is 3.42. The van der Waals surface area contributed by atoms with Gasteiger partial charge in [0.25, 0.3) is 0 Å². The van der Waals surface area contributed by atoms with E-state index < -0.39 is 0 Å². The molecule has 0 spiro atoms. The molecule has 0 amide bonds. The van der Waals surface area contributed by atoms with Crippen LogP contribution in [0.15, 0.2) is 17.1 Å². The number of rotatable bonds is 6. The lowest BCUT2D eigenvalue weighted by Crippen LogP contribution is -2.72. The molecule has 1 aromatic carbocycles. The Bertz CT molecular complexity index is 675. The SMILES string of the molecule is CCNC(=NCc1ccc(OC)c(OC)c1OC)N1CC(C)(C)C1(C)C.I. The van der Waals surface area contributed by atoms with Gasteiger partial charge >= 0.3 is 0 Å². The zero-order valence-electron chi connectivity index (χ0n) is 17.8. The number of aliphatic imine (C=N–C) groups is 1. The van der Waals surface area contributed by atoms with Gasteiger partial charge in [0.2, 0.25) is 5.75 Å². The number of nitrogens with one attached hydrogen (secondary N) is 1. The van der Waals surface area contributed by atoms with Crippen molar-refractivity contribution in [3.63, 3.8) is 0 Å². The molecule has 0 aromatic heterocycles. The summed E-state index contributed by atoms with van der Waals surface area (Å²) in [6.45, 7) is 13.5. The summed E-state index contributed by atoms with van der Waals surface area (Å²) in [4.78, 5) is 7.20. The molecule has 1 heterocycles. The van der Waals surface area contributed by atoms with Crippen molar-refractivity contribution in [1.29, 1.82) is 0 Å². The smallest absolute Gasteiger partial charge is 0.203 e. The van der Waals surface area contributed by atoms with Gasteiger partial charge in [-0.1, -0.05) is 13.8 Å². The Morgan fingerprint density at radius 1 is 1.07 bits per heavy atom. The van der Waals surface area contributed by atoms with E-state index in [-0.39, 0.29) is 34.9 Å².